The zero-order valence-electron chi connectivity index (χ0n) is 9.03. The van der Waals surface area contributed by atoms with E-state index in [0.717, 1.165) is 0 Å². The fraction of sp³-hybridized carbons (Fsp3) is 0.889. The Morgan fingerprint density at radius 1 is 1.15 bits per heavy atom. The molecule has 0 rings (SSSR count). The number of hydrogen-bond acceptors (Lipinski definition) is 3. The van der Waals surface area contributed by atoms with Gasteiger partial charge in [-0.25, -0.2) is 0 Å². The lowest BCUT2D eigenvalue weighted by atomic mass is 10.3. The van der Waals surface area contributed by atoms with Crippen molar-refractivity contribution in [2.75, 3.05) is 0 Å². The zero-order chi connectivity index (χ0) is 10.4. The van der Waals surface area contributed by atoms with Crippen LogP contribution >= 0.6 is 8.96 Å². The summed E-state index contributed by atoms with van der Waals surface area (Å²) in [6.07, 6.45) is -0.307. The molecule has 3 nitrogen and oxygen atoms in total. The molecule has 0 fully saturated rings. The van der Waals surface area contributed by atoms with Gasteiger partial charge in [0, 0.05) is 12.1 Å². The molecule has 13 heavy (non-hydrogen) atoms. The van der Waals surface area contributed by atoms with Gasteiger partial charge < -0.3 is 4.52 Å². The van der Waals surface area contributed by atoms with Gasteiger partial charge in [-0.2, -0.15) is 5.26 Å². The molecule has 0 saturated carbocycles. The molecule has 0 bridgehead atoms. The van der Waals surface area contributed by atoms with Crippen LogP contribution in [-0.4, -0.2) is 22.9 Å². The summed E-state index contributed by atoms with van der Waals surface area (Å²) in [5.41, 5.74) is 0. The highest BCUT2D eigenvalue weighted by Gasteiger charge is 2.14. The molecule has 0 aliphatic rings. The predicted molar refractivity (Wildman–Crippen MR) is 56.6 cm³/mol. The summed E-state index contributed by atoms with van der Waals surface area (Å²) in [5.74, 6) is 0. The van der Waals surface area contributed by atoms with E-state index in [-0.39, 0.29) is 15.1 Å². The molecule has 0 N–H and O–H groups in total. The maximum absolute atomic E-state index is 8.54. The first-order valence-electron chi connectivity index (χ1n) is 4.58. The molecular weight excluding hydrogens is 183 g/mol. The molecule has 76 valence electrons. The van der Waals surface area contributed by atoms with Crippen molar-refractivity contribution in [2.24, 2.45) is 0 Å². The first kappa shape index (κ1) is 12.8. The third kappa shape index (κ3) is 5.21. The fourth-order valence-corrected chi connectivity index (χ4v) is 1.73. The number of nitriles is 1. The molecule has 2 unspecified atom stereocenters. The summed E-state index contributed by atoms with van der Waals surface area (Å²) in [7, 11) is 0.282. The van der Waals surface area contributed by atoms with Crippen molar-refractivity contribution in [3.8, 4) is 6.07 Å². The van der Waals surface area contributed by atoms with E-state index in [2.05, 4.69) is 38.4 Å². The minimum atomic E-state index is -0.307. The number of hydrogen-bond donors (Lipinski definition) is 0. The Labute approximate surface area is 83.0 Å². The lowest BCUT2D eigenvalue weighted by Crippen LogP contribution is -2.30. The van der Waals surface area contributed by atoms with Crippen LogP contribution in [0.15, 0.2) is 0 Å². The van der Waals surface area contributed by atoms with E-state index in [1.807, 2.05) is 0 Å². The van der Waals surface area contributed by atoms with Crippen LogP contribution in [0, 0.1) is 11.3 Å². The minimum Gasteiger partial charge on any atom is -0.329 e. The van der Waals surface area contributed by atoms with Gasteiger partial charge in [-0.1, -0.05) is 0 Å². The van der Waals surface area contributed by atoms with Crippen LogP contribution in [-0.2, 0) is 4.52 Å². The van der Waals surface area contributed by atoms with Gasteiger partial charge in [-0.15, -0.1) is 0 Å². The maximum atomic E-state index is 8.54. The molecule has 0 aromatic rings. The molecule has 0 aliphatic carbocycles. The summed E-state index contributed by atoms with van der Waals surface area (Å²) < 4.78 is 7.60. The lowest BCUT2D eigenvalue weighted by molar-refractivity contribution is 0.248. The van der Waals surface area contributed by atoms with Crippen molar-refractivity contribution < 1.29 is 4.52 Å². The molecule has 0 aliphatic heterocycles. The van der Waals surface area contributed by atoms with Crippen molar-refractivity contribution in [1.29, 1.82) is 5.26 Å². The number of nitrogens with zero attached hydrogens (tertiary/aromatic N) is 2. The predicted octanol–water partition coefficient (Wildman–Crippen LogP) is 2.54. The first-order chi connectivity index (χ1) is 5.99. The smallest absolute Gasteiger partial charge is 0.146 e. The normalized spacial score (nSPS) is 14.7. The summed E-state index contributed by atoms with van der Waals surface area (Å²) in [4.78, 5) is 0. The van der Waals surface area contributed by atoms with Gasteiger partial charge in [0.1, 0.15) is 6.10 Å². The van der Waals surface area contributed by atoms with E-state index in [0.29, 0.717) is 12.1 Å². The second-order valence-electron chi connectivity index (χ2n) is 3.58. The quantitative estimate of drug-likeness (QED) is 0.643. The Morgan fingerprint density at radius 3 is 1.92 bits per heavy atom. The molecule has 0 aromatic heterocycles. The van der Waals surface area contributed by atoms with Crippen LogP contribution in [0.2, 0.25) is 0 Å². The van der Waals surface area contributed by atoms with Gasteiger partial charge >= 0.3 is 0 Å². The fourth-order valence-electron chi connectivity index (χ4n) is 0.973. The Balaban J connectivity index is 3.92. The molecule has 0 heterocycles. The molecule has 0 aromatic carbocycles. The van der Waals surface area contributed by atoms with Gasteiger partial charge in [0.05, 0.1) is 15.0 Å². The molecule has 0 amide bonds. The average molecular weight is 202 g/mol. The summed E-state index contributed by atoms with van der Waals surface area (Å²) in [6.45, 7) is 10.3. The summed E-state index contributed by atoms with van der Waals surface area (Å²) >= 11 is 0. The van der Waals surface area contributed by atoms with Crippen LogP contribution in [0.25, 0.3) is 0 Å². The van der Waals surface area contributed by atoms with Gasteiger partial charge in [0.15, 0.2) is 0 Å². The molecule has 0 saturated heterocycles. The zero-order valence-corrected chi connectivity index (χ0v) is 10.0. The molecule has 4 heteroatoms. The van der Waals surface area contributed by atoms with Crippen LogP contribution in [0.3, 0.4) is 0 Å². The molecule has 0 spiro atoms. The van der Waals surface area contributed by atoms with E-state index in [1.54, 1.807) is 6.92 Å². The molecule has 2 atom stereocenters. The molecule has 0 radical (unpaired) electrons. The van der Waals surface area contributed by atoms with Gasteiger partial charge in [0.25, 0.3) is 0 Å². The van der Waals surface area contributed by atoms with E-state index in [1.165, 1.54) is 0 Å². The van der Waals surface area contributed by atoms with Crippen molar-refractivity contribution in [3.05, 3.63) is 0 Å². The van der Waals surface area contributed by atoms with E-state index in [4.69, 9.17) is 9.79 Å². The van der Waals surface area contributed by atoms with Gasteiger partial charge in [-0.3, -0.25) is 4.67 Å². The largest absolute Gasteiger partial charge is 0.329 e. The minimum absolute atomic E-state index is 0.282. The van der Waals surface area contributed by atoms with Crippen LogP contribution in [0.1, 0.15) is 34.6 Å². The van der Waals surface area contributed by atoms with E-state index >= 15 is 0 Å². The summed E-state index contributed by atoms with van der Waals surface area (Å²) in [5, 5.41) is 8.54. The van der Waals surface area contributed by atoms with Gasteiger partial charge in [-0.05, 0) is 34.6 Å². The van der Waals surface area contributed by atoms with Crippen molar-refractivity contribution >= 4 is 8.96 Å². The topological polar surface area (TPSA) is 36.3 Å². The number of rotatable bonds is 5. The second kappa shape index (κ2) is 6.32. The van der Waals surface area contributed by atoms with Crippen molar-refractivity contribution in [1.82, 2.24) is 4.67 Å². The SMILES string of the molecule is CC(C#N)OPN(C(C)C)C(C)C. The van der Waals surface area contributed by atoms with Crippen LogP contribution in [0.4, 0.5) is 0 Å². The third-order valence-electron chi connectivity index (χ3n) is 1.63. The highest BCUT2D eigenvalue weighted by atomic mass is 31.1. The van der Waals surface area contributed by atoms with E-state index in [9.17, 15) is 0 Å². The Hall–Kier alpha value is -0.160. The average Bonchev–Trinajstić information content (AvgIpc) is 2.03. The Morgan fingerprint density at radius 2 is 1.62 bits per heavy atom. The van der Waals surface area contributed by atoms with Gasteiger partial charge in [0.2, 0.25) is 0 Å². The van der Waals surface area contributed by atoms with E-state index < -0.39 is 0 Å². The van der Waals surface area contributed by atoms with Crippen molar-refractivity contribution in [2.45, 2.75) is 52.8 Å². The maximum Gasteiger partial charge on any atom is 0.146 e. The third-order valence-corrected chi connectivity index (χ3v) is 3.33. The van der Waals surface area contributed by atoms with Crippen LogP contribution < -0.4 is 0 Å². The highest BCUT2D eigenvalue weighted by Crippen LogP contribution is 2.26. The summed E-state index contributed by atoms with van der Waals surface area (Å²) in [6, 6.07) is 2.98. The van der Waals surface area contributed by atoms with Crippen LogP contribution in [0.5, 0.6) is 0 Å². The molecular formula is C9H19N2OP. The second-order valence-corrected chi connectivity index (χ2v) is 4.51. The highest BCUT2D eigenvalue weighted by molar-refractivity contribution is 7.29. The Bertz CT molecular complexity index is 169. The monoisotopic (exact) mass is 202 g/mol. The Kier molecular flexibility index (Phi) is 6.24. The standard InChI is InChI=1S/C9H19N2OP/c1-7(2)11(8(3)4)13-12-9(5)6-10/h7-9,13H,1-5H3. The first-order valence-corrected chi connectivity index (χ1v) is 5.43. The lowest BCUT2D eigenvalue weighted by Gasteiger charge is -2.29. The van der Waals surface area contributed by atoms with Crippen molar-refractivity contribution in [3.63, 3.8) is 0 Å².